The van der Waals surface area contributed by atoms with Gasteiger partial charge in [0.1, 0.15) is 0 Å². The van der Waals surface area contributed by atoms with Crippen LogP contribution in [0.2, 0.25) is 5.02 Å². The number of likely N-dealkylation sites (tertiary alicyclic amines) is 1. The number of amides is 2. The average molecular weight is 440 g/mol. The lowest BCUT2D eigenvalue weighted by molar-refractivity contribution is -0.122. The van der Waals surface area contributed by atoms with E-state index < -0.39 is 0 Å². The van der Waals surface area contributed by atoms with Crippen molar-refractivity contribution in [2.24, 2.45) is 0 Å². The summed E-state index contributed by atoms with van der Waals surface area (Å²) in [5.41, 5.74) is 4.26. The molecule has 2 aliphatic heterocycles. The molecule has 0 radical (unpaired) electrons. The number of anilines is 1. The maximum absolute atomic E-state index is 12.0. The zero-order chi connectivity index (χ0) is 22.0. The van der Waals surface area contributed by atoms with Crippen molar-refractivity contribution < 1.29 is 9.59 Å². The third kappa shape index (κ3) is 4.78. The predicted molar refractivity (Wildman–Crippen MR) is 124 cm³/mol. The highest BCUT2D eigenvalue weighted by molar-refractivity contribution is 6.30. The number of piperidine rings is 1. The Labute approximate surface area is 189 Å². The highest BCUT2D eigenvalue weighted by atomic mass is 35.5. The van der Waals surface area contributed by atoms with Gasteiger partial charge in [0, 0.05) is 48.2 Å². The van der Waals surface area contributed by atoms with E-state index in [-0.39, 0.29) is 23.4 Å². The van der Waals surface area contributed by atoms with Crippen molar-refractivity contribution in [2.75, 3.05) is 11.9 Å². The van der Waals surface area contributed by atoms with E-state index in [1.807, 2.05) is 19.1 Å². The standard InChI is InChI=1S/C25H30ClN3O2/c1-3-23(30)27-21-12-13-29(25(2,15-21)19-7-9-20(26)10-8-19)16-17-4-5-18-6-11-24(31)28-22(18)14-17/h4-5,7-10,14,21H,3,6,11-13,15-16H2,1-2H3,(H,27,30)(H,28,31). The van der Waals surface area contributed by atoms with Crippen LogP contribution in [-0.4, -0.2) is 29.3 Å². The molecule has 1 fully saturated rings. The van der Waals surface area contributed by atoms with E-state index in [9.17, 15) is 9.59 Å². The quantitative estimate of drug-likeness (QED) is 0.713. The van der Waals surface area contributed by atoms with Gasteiger partial charge in [0.2, 0.25) is 11.8 Å². The molecule has 2 aromatic carbocycles. The lowest BCUT2D eigenvalue weighted by Gasteiger charge is -2.48. The topological polar surface area (TPSA) is 61.4 Å². The number of halogens is 1. The summed E-state index contributed by atoms with van der Waals surface area (Å²) in [6, 6.07) is 14.6. The molecule has 2 atom stereocenters. The first-order valence-corrected chi connectivity index (χ1v) is 11.5. The molecule has 2 aliphatic rings. The molecule has 31 heavy (non-hydrogen) atoms. The molecule has 0 spiro atoms. The Hall–Kier alpha value is -2.37. The Morgan fingerprint density at radius 2 is 2.00 bits per heavy atom. The number of carbonyl (C=O) groups excluding carboxylic acids is 2. The van der Waals surface area contributed by atoms with Gasteiger partial charge in [-0.15, -0.1) is 0 Å². The molecule has 2 amide bonds. The Kier molecular flexibility index (Phi) is 6.35. The molecule has 5 nitrogen and oxygen atoms in total. The van der Waals surface area contributed by atoms with Crippen molar-refractivity contribution in [2.45, 2.75) is 64.1 Å². The molecular formula is C25H30ClN3O2. The van der Waals surface area contributed by atoms with Gasteiger partial charge >= 0.3 is 0 Å². The van der Waals surface area contributed by atoms with E-state index in [1.54, 1.807) is 0 Å². The first-order valence-electron chi connectivity index (χ1n) is 11.1. The second kappa shape index (κ2) is 9.01. The van der Waals surface area contributed by atoms with Crippen molar-refractivity contribution in [3.8, 4) is 0 Å². The minimum absolute atomic E-state index is 0.0862. The van der Waals surface area contributed by atoms with Crippen LogP contribution >= 0.6 is 11.6 Å². The summed E-state index contributed by atoms with van der Waals surface area (Å²) in [5, 5.41) is 6.93. The largest absolute Gasteiger partial charge is 0.353 e. The van der Waals surface area contributed by atoms with E-state index in [0.717, 1.165) is 43.1 Å². The van der Waals surface area contributed by atoms with Gasteiger partial charge in [0.25, 0.3) is 0 Å². The number of nitrogens with zero attached hydrogens (tertiary/aromatic N) is 1. The number of fused-ring (bicyclic) bond motifs is 1. The highest BCUT2D eigenvalue weighted by Crippen LogP contribution is 2.39. The fourth-order valence-corrected chi connectivity index (χ4v) is 4.95. The molecule has 6 heteroatoms. The van der Waals surface area contributed by atoms with Crippen molar-refractivity contribution in [3.63, 3.8) is 0 Å². The second-order valence-electron chi connectivity index (χ2n) is 8.85. The average Bonchev–Trinajstić information content (AvgIpc) is 2.75. The Morgan fingerprint density at radius 1 is 1.23 bits per heavy atom. The fourth-order valence-electron chi connectivity index (χ4n) is 4.82. The molecule has 2 aromatic rings. The van der Waals surface area contributed by atoms with Crippen LogP contribution in [0.4, 0.5) is 5.69 Å². The molecule has 2 N–H and O–H groups in total. The summed E-state index contributed by atoms with van der Waals surface area (Å²) >= 11 is 6.15. The Balaban J connectivity index is 1.60. The van der Waals surface area contributed by atoms with E-state index in [1.165, 1.54) is 16.7 Å². The third-order valence-corrected chi connectivity index (χ3v) is 6.94. The molecule has 1 saturated heterocycles. The molecule has 0 saturated carbocycles. The molecule has 0 aliphatic carbocycles. The Bertz CT molecular complexity index is 975. The number of aryl methyl sites for hydroxylation is 1. The van der Waals surface area contributed by atoms with Crippen LogP contribution in [0.3, 0.4) is 0 Å². The molecular weight excluding hydrogens is 410 g/mol. The first kappa shape index (κ1) is 21.8. The van der Waals surface area contributed by atoms with Gasteiger partial charge in [-0.2, -0.15) is 0 Å². The molecule has 0 aromatic heterocycles. The van der Waals surface area contributed by atoms with Gasteiger partial charge in [-0.1, -0.05) is 42.8 Å². The molecule has 4 rings (SSSR count). The summed E-state index contributed by atoms with van der Waals surface area (Å²) in [7, 11) is 0. The second-order valence-corrected chi connectivity index (χ2v) is 9.29. The van der Waals surface area contributed by atoms with Gasteiger partial charge in [-0.05, 0) is 61.1 Å². The van der Waals surface area contributed by atoms with Crippen LogP contribution in [0, 0.1) is 0 Å². The summed E-state index contributed by atoms with van der Waals surface area (Å²) in [6.45, 7) is 5.78. The van der Waals surface area contributed by atoms with E-state index >= 15 is 0 Å². The van der Waals surface area contributed by atoms with Gasteiger partial charge in [-0.3, -0.25) is 14.5 Å². The minimum Gasteiger partial charge on any atom is -0.353 e. The van der Waals surface area contributed by atoms with E-state index in [2.05, 4.69) is 52.8 Å². The maximum Gasteiger partial charge on any atom is 0.224 e. The van der Waals surface area contributed by atoms with Crippen molar-refractivity contribution >= 4 is 29.1 Å². The number of nitrogens with one attached hydrogen (secondary N) is 2. The van der Waals surface area contributed by atoms with Crippen molar-refractivity contribution in [3.05, 3.63) is 64.2 Å². The highest BCUT2D eigenvalue weighted by Gasteiger charge is 2.40. The summed E-state index contributed by atoms with van der Waals surface area (Å²) in [4.78, 5) is 26.3. The van der Waals surface area contributed by atoms with Gasteiger partial charge in [0.05, 0.1) is 0 Å². The predicted octanol–water partition coefficient (Wildman–Crippen LogP) is 4.63. The van der Waals surface area contributed by atoms with Crippen LogP contribution in [0.1, 0.15) is 56.2 Å². The Morgan fingerprint density at radius 3 is 2.74 bits per heavy atom. The monoisotopic (exact) mass is 439 g/mol. The van der Waals surface area contributed by atoms with E-state index in [4.69, 9.17) is 11.6 Å². The summed E-state index contributed by atoms with van der Waals surface area (Å²) < 4.78 is 0. The SMILES string of the molecule is CCC(=O)NC1CCN(Cc2ccc3c(c2)NC(=O)CC3)C(C)(c2ccc(Cl)cc2)C1. The normalized spacial score (nSPS) is 23.7. The first-order chi connectivity index (χ1) is 14.9. The van der Waals surface area contributed by atoms with Crippen LogP contribution in [0.15, 0.2) is 42.5 Å². The number of hydrogen-bond acceptors (Lipinski definition) is 3. The number of rotatable bonds is 5. The smallest absolute Gasteiger partial charge is 0.224 e. The van der Waals surface area contributed by atoms with Gasteiger partial charge in [0.15, 0.2) is 0 Å². The molecule has 164 valence electrons. The fraction of sp³-hybridized carbons (Fsp3) is 0.440. The van der Waals surface area contributed by atoms with Crippen LogP contribution in [0.25, 0.3) is 0 Å². The summed E-state index contributed by atoms with van der Waals surface area (Å²) in [6.07, 6.45) is 3.60. The van der Waals surface area contributed by atoms with Crippen LogP contribution < -0.4 is 10.6 Å². The zero-order valence-electron chi connectivity index (χ0n) is 18.2. The summed E-state index contributed by atoms with van der Waals surface area (Å²) in [5.74, 6) is 0.186. The lowest BCUT2D eigenvalue weighted by Crippen LogP contribution is -2.54. The van der Waals surface area contributed by atoms with Crippen LogP contribution in [0.5, 0.6) is 0 Å². The van der Waals surface area contributed by atoms with Crippen molar-refractivity contribution in [1.29, 1.82) is 0 Å². The minimum atomic E-state index is -0.242. The lowest BCUT2D eigenvalue weighted by atomic mass is 9.79. The van der Waals surface area contributed by atoms with E-state index in [0.29, 0.717) is 12.8 Å². The zero-order valence-corrected chi connectivity index (χ0v) is 19.0. The molecule has 0 bridgehead atoms. The molecule has 2 unspecified atom stereocenters. The van der Waals surface area contributed by atoms with Gasteiger partial charge in [-0.25, -0.2) is 0 Å². The van der Waals surface area contributed by atoms with Gasteiger partial charge < -0.3 is 10.6 Å². The van der Waals surface area contributed by atoms with Crippen LogP contribution in [-0.2, 0) is 28.1 Å². The van der Waals surface area contributed by atoms with Crippen molar-refractivity contribution in [1.82, 2.24) is 10.2 Å². The molecule has 2 heterocycles. The number of hydrogen-bond donors (Lipinski definition) is 2. The number of carbonyl (C=O) groups is 2. The maximum atomic E-state index is 12.0. The number of benzene rings is 2. The third-order valence-electron chi connectivity index (χ3n) is 6.68.